The number of imide groups is 1. The lowest BCUT2D eigenvalue weighted by atomic mass is 10.3. The first-order valence-electron chi connectivity index (χ1n) is 5.59. The van der Waals surface area contributed by atoms with E-state index in [0.717, 1.165) is 4.90 Å². The topological polar surface area (TPSA) is 69.7 Å². The zero-order chi connectivity index (χ0) is 14.0. The average Bonchev–Trinajstić information content (AvgIpc) is 2.59. The summed E-state index contributed by atoms with van der Waals surface area (Å²) < 4.78 is 13.3. The molecule has 0 spiro atoms. The molecule has 1 aliphatic rings. The highest BCUT2D eigenvalue weighted by Gasteiger charge is 2.34. The van der Waals surface area contributed by atoms with E-state index in [1.54, 1.807) is 6.07 Å². The highest BCUT2D eigenvalue weighted by molar-refractivity contribution is 6.06. The van der Waals surface area contributed by atoms with Crippen LogP contribution in [-0.2, 0) is 9.59 Å². The zero-order valence-corrected chi connectivity index (χ0v) is 10.2. The molecule has 0 aromatic heterocycles. The first-order chi connectivity index (χ1) is 8.99. The van der Waals surface area contributed by atoms with Crippen molar-refractivity contribution in [1.82, 2.24) is 9.80 Å². The third-order valence-corrected chi connectivity index (χ3v) is 2.68. The largest absolute Gasteiger partial charge is 0.327 e. The van der Waals surface area contributed by atoms with Gasteiger partial charge in [0.05, 0.1) is 5.69 Å². The van der Waals surface area contributed by atoms with Gasteiger partial charge in [-0.1, -0.05) is 12.1 Å². The zero-order valence-electron chi connectivity index (χ0n) is 10.2. The Morgan fingerprint density at radius 3 is 2.63 bits per heavy atom. The van der Waals surface area contributed by atoms with Crippen molar-refractivity contribution in [3.05, 3.63) is 30.1 Å². The minimum atomic E-state index is -0.623. The number of nitrogens with zero attached hydrogens (tertiary/aromatic N) is 2. The van der Waals surface area contributed by atoms with Gasteiger partial charge >= 0.3 is 6.03 Å². The Kier molecular flexibility index (Phi) is 3.46. The summed E-state index contributed by atoms with van der Waals surface area (Å²) in [5, 5.41) is 2.31. The molecule has 1 aromatic rings. The smallest absolute Gasteiger partial charge is 0.322 e. The summed E-state index contributed by atoms with van der Waals surface area (Å²) in [6.07, 6.45) is 0. The van der Waals surface area contributed by atoms with Gasteiger partial charge in [-0.3, -0.25) is 14.5 Å². The van der Waals surface area contributed by atoms with Gasteiger partial charge in [0, 0.05) is 7.05 Å². The predicted molar refractivity (Wildman–Crippen MR) is 64.8 cm³/mol. The van der Waals surface area contributed by atoms with E-state index in [0.29, 0.717) is 0 Å². The number of carbonyl (C=O) groups is 3. The lowest BCUT2D eigenvalue weighted by molar-refractivity contribution is -0.129. The minimum absolute atomic E-state index is 0.0138. The SMILES string of the molecule is CN1CC(=O)N(CC(=O)Nc2ccccc2F)C1=O. The summed E-state index contributed by atoms with van der Waals surface area (Å²) in [6, 6.07) is 5.13. The first-order valence-corrected chi connectivity index (χ1v) is 5.59. The van der Waals surface area contributed by atoms with Crippen LogP contribution in [0.4, 0.5) is 14.9 Å². The van der Waals surface area contributed by atoms with Gasteiger partial charge in [0.25, 0.3) is 5.91 Å². The van der Waals surface area contributed by atoms with Gasteiger partial charge in [0.15, 0.2) is 0 Å². The van der Waals surface area contributed by atoms with Crippen LogP contribution in [0.15, 0.2) is 24.3 Å². The molecule has 19 heavy (non-hydrogen) atoms. The van der Waals surface area contributed by atoms with E-state index in [-0.39, 0.29) is 12.2 Å². The summed E-state index contributed by atoms with van der Waals surface area (Å²) in [7, 11) is 1.47. The van der Waals surface area contributed by atoms with E-state index in [1.165, 1.54) is 30.1 Å². The molecule has 2 rings (SSSR count). The second-order valence-corrected chi connectivity index (χ2v) is 4.15. The second-order valence-electron chi connectivity index (χ2n) is 4.15. The van der Waals surface area contributed by atoms with Gasteiger partial charge in [-0.25, -0.2) is 9.18 Å². The molecule has 0 unspecified atom stereocenters. The van der Waals surface area contributed by atoms with Gasteiger partial charge in [-0.15, -0.1) is 0 Å². The Morgan fingerprint density at radius 1 is 1.37 bits per heavy atom. The number of para-hydroxylation sites is 1. The van der Waals surface area contributed by atoms with Crippen molar-refractivity contribution in [2.24, 2.45) is 0 Å². The molecule has 1 fully saturated rings. The third kappa shape index (κ3) is 2.70. The molecule has 0 atom stereocenters. The number of halogens is 1. The predicted octanol–water partition coefficient (Wildman–Crippen LogP) is 0.658. The van der Waals surface area contributed by atoms with Gasteiger partial charge in [0.1, 0.15) is 18.9 Å². The molecular formula is C12H12FN3O3. The lowest BCUT2D eigenvalue weighted by Gasteiger charge is -2.14. The standard InChI is InChI=1S/C12H12FN3O3/c1-15-7-11(18)16(12(15)19)6-10(17)14-9-5-3-2-4-8(9)13/h2-5H,6-7H2,1H3,(H,14,17). The van der Waals surface area contributed by atoms with Gasteiger partial charge < -0.3 is 10.2 Å². The molecule has 0 radical (unpaired) electrons. The van der Waals surface area contributed by atoms with Crippen LogP contribution in [0.2, 0.25) is 0 Å². The summed E-state index contributed by atoms with van der Waals surface area (Å²) in [4.78, 5) is 36.7. The molecule has 100 valence electrons. The molecule has 0 bridgehead atoms. The molecule has 6 nitrogen and oxygen atoms in total. The van der Waals surface area contributed by atoms with Crippen molar-refractivity contribution < 1.29 is 18.8 Å². The van der Waals surface area contributed by atoms with Crippen LogP contribution in [0.25, 0.3) is 0 Å². The number of hydrogen-bond acceptors (Lipinski definition) is 3. The lowest BCUT2D eigenvalue weighted by Crippen LogP contribution is -2.38. The van der Waals surface area contributed by atoms with Gasteiger partial charge in [0.2, 0.25) is 5.91 Å². The summed E-state index contributed by atoms with van der Waals surface area (Å²) in [5.41, 5.74) is 0.0138. The monoisotopic (exact) mass is 265 g/mol. The van der Waals surface area contributed by atoms with Crippen molar-refractivity contribution in [1.29, 1.82) is 0 Å². The first kappa shape index (κ1) is 13.0. The van der Waals surface area contributed by atoms with Gasteiger partial charge in [-0.2, -0.15) is 0 Å². The van der Waals surface area contributed by atoms with Crippen LogP contribution in [0.5, 0.6) is 0 Å². The molecule has 0 saturated carbocycles. The number of benzene rings is 1. The number of rotatable bonds is 3. The number of nitrogens with one attached hydrogen (secondary N) is 1. The van der Waals surface area contributed by atoms with Crippen LogP contribution in [-0.4, -0.2) is 47.8 Å². The highest BCUT2D eigenvalue weighted by Crippen LogP contribution is 2.13. The Balaban J connectivity index is 2.01. The van der Waals surface area contributed by atoms with E-state index in [9.17, 15) is 18.8 Å². The quantitative estimate of drug-likeness (QED) is 0.816. The number of carbonyl (C=O) groups excluding carboxylic acids is 3. The molecule has 1 heterocycles. The second kappa shape index (κ2) is 5.05. The number of likely N-dealkylation sites (N-methyl/N-ethyl adjacent to an activating group) is 1. The van der Waals surface area contributed by atoms with E-state index in [4.69, 9.17) is 0 Å². The number of amides is 4. The Labute approximate surface area is 108 Å². The molecule has 1 N–H and O–H groups in total. The van der Waals surface area contributed by atoms with Gasteiger partial charge in [-0.05, 0) is 12.1 Å². The number of hydrogen-bond donors (Lipinski definition) is 1. The maximum atomic E-state index is 13.3. The molecule has 4 amide bonds. The molecule has 0 aliphatic carbocycles. The molecule has 1 aliphatic heterocycles. The third-order valence-electron chi connectivity index (χ3n) is 2.68. The van der Waals surface area contributed by atoms with Crippen LogP contribution in [0, 0.1) is 5.82 Å². The maximum absolute atomic E-state index is 13.3. The molecule has 1 saturated heterocycles. The average molecular weight is 265 g/mol. The minimum Gasteiger partial charge on any atom is -0.322 e. The molecular weight excluding hydrogens is 253 g/mol. The Hall–Kier alpha value is -2.44. The van der Waals surface area contributed by atoms with Crippen molar-refractivity contribution >= 4 is 23.5 Å². The fraction of sp³-hybridized carbons (Fsp3) is 0.250. The van der Waals surface area contributed by atoms with E-state index in [2.05, 4.69) is 5.32 Å². The number of urea groups is 1. The summed E-state index contributed by atoms with van der Waals surface area (Å²) in [6.45, 7) is -0.470. The summed E-state index contributed by atoms with van der Waals surface area (Å²) in [5.74, 6) is -1.65. The van der Waals surface area contributed by atoms with Crippen molar-refractivity contribution in [2.75, 3.05) is 25.5 Å². The normalized spacial score (nSPS) is 15.1. The van der Waals surface area contributed by atoms with E-state index in [1.807, 2.05) is 0 Å². The van der Waals surface area contributed by atoms with E-state index < -0.39 is 30.2 Å². The van der Waals surface area contributed by atoms with E-state index >= 15 is 0 Å². The fourth-order valence-electron chi connectivity index (χ4n) is 1.72. The Bertz CT molecular complexity index is 547. The van der Waals surface area contributed by atoms with Crippen LogP contribution >= 0.6 is 0 Å². The van der Waals surface area contributed by atoms with Crippen molar-refractivity contribution in [3.63, 3.8) is 0 Å². The van der Waals surface area contributed by atoms with Crippen molar-refractivity contribution in [2.45, 2.75) is 0 Å². The fourth-order valence-corrected chi connectivity index (χ4v) is 1.72. The van der Waals surface area contributed by atoms with Crippen LogP contribution < -0.4 is 5.32 Å². The molecule has 7 heteroatoms. The van der Waals surface area contributed by atoms with Crippen LogP contribution in [0.3, 0.4) is 0 Å². The van der Waals surface area contributed by atoms with Crippen LogP contribution in [0.1, 0.15) is 0 Å². The summed E-state index contributed by atoms with van der Waals surface area (Å²) >= 11 is 0. The Morgan fingerprint density at radius 2 is 2.05 bits per heavy atom. The van der Waals surface area contributed by atoms with Crippen molar-refractivity contribution in [3.8, 4) is 0 Å². The number of anilines is 1. The maximum Gasteiger partial charge on any atom is 0.327 e. The molecule has 1 aromatic carbocycles. The highest BCUT2D eigenvalue weighted by atomic mass is 19.1.